The van der Waals surface area contributed by atoms with Gasteiger partial charge >= 0.3 is 0 Å². The molecule has 0 bridgehead atoms. The second-order valence-electron chi connectivity index (χ2n) is 7.87. The predicted octanol–water partition coefficient (Wildman–Crippen LogP) is 4.71. The largest absolute Gasteiger partial charge is 0.381 e. The monoisotopic (exact) mass is 407 g/mol. The summed E-state index contributed by atoms with van der Waals surface area (Å²) >= 11 is 1.77. The van der Waals surface area contributed by atoms with Gasteiger partial charge in [0, 0.05) is 42.7 Å². The number of aromatic nitrogens is 4. The summed E-state index contributed by atoms with van der Waals surface area (Å²) in [6, 6.07) is 6.82. The van der Waals surface area contributed by atoms with E-state index >= 15 is 0 Å². The number of imidazole rings is 1. The van der Waals surface area contributed by atoms with Crippen LogP contribution in [0.15, 0.2) is 36.8 Å². The van der Waals surface area contributed by atoms with Crippen LogP contribution in [0, 0.1) is 6.92 Å². The molecule has 0 radical (unpaired) electrons. The lowest BCUT2D eigenvalue weighted by Crippen LogP contribution is -2.37. The van der Waals surface area contributed by atoms with Crippen LogP contribution >= 0.6 is 11.3 Å². The molecule has 0 amide bonds. The molecule has 4 aromatic rings. The number of ether oxygens (including phenoxy) is 1. The Kier molecular flexibility index (Phi) is 4.72. The Morgan fingerprint density at radius 1 is 1.14 bits per heavy atom. The van der Waals surface area contributed by atoms with E-state index in [4.69, 9.17) is 9.84 Å². The van der Waals surface area contributed by atoms with Crippen LogP contribution in [-0.2, 0) is 4.74 Å². The number of methoxy groups -OCH3 is 1. The van der Waals surface area contributed by atoms with Crippen molar-refractivity contribution in [3.05, 3.63) is 42.4 Å². The maximum absolute atomic E-state index is 5.52. The summed E-state index contributed by atoms with van der Waals surface area (Å²) in [5, 5.41) is 6.13. The first-order valence-corrected chi connectivity index (χ1v) is 10.9. The Labute approximate surface area is 174 Å². The van der Waals surface area contributed by atoms with E-state index in [1.807, 2.05) is 30.2 Å². The number of nitrogens with zero attached hydrogens (tertiary/aromatic N) is 5. The first-order valence-electron chi connectivity index (χ1n) is 10.1. The van der Waals surface area contributed by atoms with Crippen LogP contribution in [0.5, 0.6) is 0 Å². The Hall–Kier alpha value is -2.51. The third kappa shape index (κ3) is 3.28. The molecule has 0 saturated heterocycles. The highest BCUT2D eigenvalue weighted by molar-refractivity contribution is 7.22. The Bertz CT molecular complexity index is 1160. The molecule has 1 aliphatic rings. The van der Waals surface area contributed by atoms with Crippen molar-refractivity contribution in [3.63, 3.8) is 0 Å². The molecular formula is C22H25N5OS. The molecule has 1 saturated carbocycles. The van der Waals surface area contributed by atoms with E-state index in [0.717, 1.165) is 47.7 Å². The average molecular weight is 408 g/mol. The Balaban J connectivity index is 1.49. The number of aryl methyl sites for hydroxylation is 1. The van der Waals surface area contributed by atoms with Gasteiger partial charge < -0.3 is 9.64 Å². The minimum atomic E-state index is 0.404. The van der Waals surface area contributed by atoms with Gasteiger partial charge in [-0.1, -0.05) is 0 Å². The van der Waals surface area contributed by atoms with Gasteiger partial charge in [-0.2, -0.15) is 0 Å². The Morgan fingerprint density at radius 3 is 2.72 bits per heavy atom. The molecule has 0 N–H and O–H groups in total. The quantitative estimate of drug-likeness (QED) is 0.490. The van der Waals surface area contributed by atoms with Crippen LogP contribution in [0.3, 0.4) is 0 Å². The molecule has 4 heterocycles. The normalized spacial score (nSPS) is 19.8. The van der Waals surface area contributed by atoms with Gasteiger partial charge in [0.2, 0.25) is 0 Å². The number of anilines is 1. The molecule has 0 atom stereocenters. The minimum absolute atomic E-state index is 0.404. The molecule has 0 aromatic carbocycles. The number of hydrogen-bond donors (Lipinski definition) is 0. The van der Waals surface area contributed by atoms with Crippen molar-refractivity contribution in [2.45, 2.75) is 44.8 Å². The van der Waals surface area contributed by atoms with Gasteiger partial charge in [-0.15, -0.1) is 16.4 Å². The summed E-state index contributed by atoms with van der Waals surface area (Å²) in [4.78, 5) is 12.4. The maximum Gasteiger partial charge on any atom is 0.154 e. The second-order valence-corrected chi connectivity index (χ2v) is 8.92. The fourth-order valence-corrected chi connectivity index (χ4v) is 5.39. The number of fused-ring (bicyclic) bond motifs is 2. The summed E-state index contributed by atoms with van der Waals surface area (Å²) in [7, 11) is 3.97. The molecular weight excluding hydrogens is 382 g/mol. The summed E-state index contributed by atoms with van der Waals surface area (Å²) < 4.78 is 8.76. The van der Waals surface area contributed by atoms with Gasteiger partial charge in [0.1, 0.15) is 11.5 Å². The topological polar surface area (TPSA) is 55.5 Å². The van der Waals surface area contributed by atoms with Gasteiger partial charge in [-0.05, 0) is 56.4 Å². The molecule has 29 heavy (non-hydrogen) atoms. The van der Waals surface area contributed by atoms with E-state index in [1.54, 1.807) is 11.3 Å². The van der Waals surface area contributed by atoms with E-state index in [9.17, 15) is 0 Å². The highest BCUT2D eigenvalue weighted by Gasteiger charge is 2.25. The van der Waals surface area contributed by atoms with Crippen molar-refractivity contribution in [2.24, 2.45) is 0 Å². The van der Waals surface area contributed by atoms with E-state index in [0.29, 0.717) is 12.1 Å². The van der Waals surface area contributed by atoms with Crippen molar-refractivity contribution in [1.82, 2.24) is 19.6 Å². The van der Waals surface area contributed by atoms with E-state index in [1.165, 1.54) is 15.6 Å². The van der Waals surface area contributed by atoms with Crippen molar-refractivity contribution >= 4 is 32.9 Å². The smallest absolute Gasteiger partial charge is 0.154 e. The molecule has 7 heteroatoms. The average Bonchev–Trinajstić information content (AvgIpc) is 3.37. The lowest BCUT2D eigenvalue weighted by molar-refractivity contribution is 0.0659. The van der Waals surface area contributed by atoms with Crippen molar-refractivity contribution in [1.29, 1.82) is 0 Å². The SMILES string of the molecule is COC1CCC(N(C)c2ccc3ncc(-c4cc5cncc(C)c5s4)n3n2)CC1. The van der Waals surface area contributed by atoms with Crippen LogP contribution in [0.1, 0.15) is 31.2 Å². The zero-order valence-electron chi connectivity index (χ0n) is 17.0. The van der Waals surface area contributed by atoms with E-state index in [-0.39, 0.29) is 0 Å². The van der Waals surface area contributed by atoms with Gasteiger partial charge in [0.15, 0.2) is 5.65 Å². The molecule has 0 aliphatic heterocycles. The molecule has 150 valence electrons. The summed E-state index contributed by atoms with van der Waals surface area (Å²) in [6.07, 6.45) is 10.7. The summed E-state index contributed by atoms with van der Waals surface area (Å²) in [5.41, 5.74) is 3.10. The number of rotatable bonds is 4. The van der Waals surface area contributed by atoms with Crippen LogP contribution in [0.25, 0.3) is 26.3 Å². The molecule has 0 spiro atoms. The summed E-state index contributed by atoms with van der Waals surface area (Å²) in [5.74, 6) is 0.983. The lowest BCUT2D eigenvalue weighted by Gasteiger charge is -2.34. The highest BCUT2D eigenvalue weighted by Crippen LogP contribution is 2.35. The fraction of sp³-hybridized carbons (Fsp3) is 0.409. The minimum Gasteiger partial charge on any atom is -0.381 e. The first-order chi connectivity index (χ1) is 14.1. The summed E-state index contributed by atoms with van der Waals surface area (Å²) in [6.45, 7) is 2.10. The lowest BCUT2D eigenvalue weighted by atomic mass is 9.92. The third-order valence-electron chi connectivity index (χ3n) is 6.09. The molecule has 1 fully saturated rings. The van der Waals surface area contributed by atoms with Crippen molar-refractivity contribution < 1.29 is 4.74 Å². The van der Waals surface area contributed by atoms with Crippen molar-refractivity contribution in [2.75, 3.05) is 19.1 Å². The zero-order chi connectivity index (χ0) is 20.0. The number of thiophene rings is 1. The second kappa shape index (κ2) is 7.39. The standard InChI is InChI=1S/C22H25N5OS/c1-14-11-23-12-15-10-19(29-22(14)15)18-13-24-20-8-9-21(25-27(18)20)26(2)16-4-6-17(28-3)7-5-16/h8-13,16-17H,4-7H2,1-3H3. The maximum atomic E-state index is 5.52. The predicted molar refractivity (Wildman–Crippen MR) is 118 cm³/mol. The van der Waals surface area contributed by atoms with E-state index in [2.05, 4.69) is 47.0 Å². The van der Waals surface area contributed by atoms with Gasteiger partial charge in [-0.25, -0.2) is 9.50 Å². The van der Waals surface area contributed by atoms with Crippen LogP contribution in [0.4, 0.5) is 5.82 Å². The van der Waals surface area contributed by atoms with Gasteiger partial charge in [-0.3, -0.25) is 4.98 Å². The van der Waals surface area contributed by atoms with Gasteiger partial charge in [0.25, 0.3) is 0 Å². The number of hydrogen-bond acceptors (Lipinski definition) is 6. The third-order valence-corrected chi connectivity index (χ3v) is 7.40. The zero-order valence-corrected chi connectivity index (χ0v) is 17.8. The first kappa shape index (κ1) is 18.5. The van der Waals surface area contributed by atoms with Crippen LogP contribution < -0.4 is 4.90 Å². The Morgan fingerprint density at radius 2 is 1.97 bits per heavy atom. The van der Waals surface area contributed by atoms with E-state index < -0.39 is 0 Å². The van der Waals surface area contributed by atoms with Gasteiger partial charge in [0.05, 0.1) is 17.2 Å². The number of pyridine rings is 1. The van der Waals surface area contributed by atoms with Crippen LogP contribution in [-0.4, -0.2) is 45.9 Å². The molecule has 1 aliphatic carbocycles. The highest BCUT2D eigenvalue weighted by atomic mass is 32.1. The fourth-order valence-electron chi connectivity index (χ4n) is 4.30. The molecule has 0 unspecified atom stereocenters. The van der Waals surface area contributed by atoms with Crippen molar-refractivity contribution in [3.8, 4) is 10.6 Å². The molecule has 4 aromatic heterocycles. The van der Waals surface area contributed by atoms with Crippen LogP contribution in [0.2, 0.25) is 0 Å². The molecule has 6 nitrogen and oxygen atoms in total. The molecule has 5 rings (SSSR count).